The van der Waals surface area contributed by atoms with E-state index >= 15 is 0 Å². The zero-order valence-electron chi connectivity index (χ0n) is 13.9. The molecule has 0 aromatic carbocycles. The molecule has 0 heterocycles. The van der Waals surface area contributed by atoms with Crippen LogP contribution in [0.1, 0.15) is 26.2 Å². The largest absolute Gasteiger partial charge is 0.481 e. The van der Waals surface area contributed by atoms with E-state index in [2.05, 4.69) is 11.1 Å². The van der Waals surface area contributed by atoms with Crippen LogP contribution in [0.2, 0.25) is 0 Å². The van der Waals surface area contributed by atoms with Crippen molar-refractivity contribution in [3.8, 4) is 0 Å². The maximum Gasteiger partial charge on any atom is 0.321 e. The maximum atomic E-state index is 10.4. The van der Waals surface area contributed by atoms with Gasteiger partial charge >= 0.3 is 23.9 Å². The Bertz CT molecular complexity index is 404. The van der Waals surface area contributed by atoms with Gasteiger partial charge in [0.15, 0.2) is 0 Å². The van der Waals surface area contributed by atoms with Gasteiger partial charge in [-0.15, -0.1) is 0 Å². The van der Waals surface area contributed by atoms with Crippen LogP contribution in [-0.2, 0) is 19.2 Å². The van der Waals surface area contributed by atoms with E-state index in [0.29, 0.717) is 6.54 Å². The summed E-state index contributed by atoms with van der Waals surface area (Å²) in [7, 11) is 0. The summed E-state index contributed by atoms with van der Waals surface area (Å²) in [6.45, 7) is 2.27. The smallest absolute Gasteiger partial charge is 0.321 e. The van der Waals surface area contributed by atoms with Crippen molar-refractivity contribution in [1.82, 2.24) is 5.32 Å². The first-order valence-corrected chi connectivity index (χ1v) is 7.22. The molecule has 0 aromatic heterocycles. The van der Waals surface area contributed by atoms with E-state index in [0.717, 1.165) is 6.42 Å². The highest BCUT2D eigenvalue weighted by molar-refractivity contribution is 5.80. The molecule has 148 valence electrons. The van der Waals surface area contributed by atoms with E-state index in [1.54, 1.807) is 0 Å². The van der Waals surface area contributed by atoms with Gasteiger partial charge in [-0.25, -0.2) is 0 Å². The molecule has 2 atom stereocenters. The molecule has 0 aliphatic heterocycles. The van der Waals surface area contributed by atoms with Crippen LogP contribution in [0.3, 0.4) is 0 Å². The standard InChI is InChI=1S/C7H15NO3.C4H7NO4.C2H5NO2/c1-2-4-8-6(3-5-9)7(10)11;5-2(4(8)9)1-3(6)7;3-1-2(4)5/h6,8-9H,2-5H2,1H3,(H,10,11);2H,1,5H2,(H,6,7)(H,8,9);1,3H2,(H,4,5). The average Bonchev–Trinajstić information content (AvgIpc) is 2.51. The van der Waals surface area contributed by atoms with Crippen LogP contribution in [0.25, 0.3) is 0 Å². The van der Waals surface area contributed by atoms with E-state index < -0.39 is 42.4 Å². The summed E-state index contributed by atoms with van der Waals surface area (Å²) >= 11 is 0. The SMILES string of the molecule is CCCNC(CCO)C(=O)O.NC(CC(=O)O)C(=O)O.NCC(=O)O. The van der Waals surface area contributed by atoms with Crippen molar-refractivity contribution in [3.05, 3.63) is 0 Å². The fraction of sp³-hybridized carbons (Fsp3) is 0.692. The maximum absolute atomic E-state index is 10.4. The molecule has 0 radical (unpaired) electrons. The Balaban J connectivity index is -0.000000311. The van der Waals surface area contributed by atoms with E-state index in [9.17, 15) is 19.2 Å². The topological polar surface area (TPSA) is 233 Å². The summed E-state index contributed by atoms with van der Waals surface area (Å²) in [5.74, 6) is -4.36. The normalized spacial score (nSPS) is 11.7. The number of carbonyl (C=O) groups is 4. The minimum absolute atomic E-state index is 0.0896. The predicted molar refractivity (Wildman–Crippen MR) is 86.0 cm³/mol. The van der Waals surface area contributed by atoms with Crippen molar-refractivity contribution in [2.75, 3.05) is 19.7 Å². The summed E-state index contributed by atoms with van der Waals surface area (Å²) in [5.41, 5.74) is 9.41. The fourth-order valence-electron chi connectivity index (χ4n) is 1.04. The van der Waals surface area contributed by atoms with Gasteiger partial charge in [0.2, 0.25) is 0 Å². The van der Waals surface area contributed by atoms with Crippen molar-refractivity contribution < 1.29 is 44.7 Å². The number of aliphatic carboxylic acids is 4. The lowest BCUT2D eigenvalue weighted by atomic mass is 10.2. The second kappa shape index (κ2) is 18.1. The van der Waals surface area contributed by atoms with E-state index in [1.807, 2.05) is 6.92 Å². The molecule has 0 saturated carbocycles. The molecule has 0 aliphatic carbocycles. The summed E-state index contributed by atoms with van der Waals surface area (Å²) in [6.07, 6.45) is 0.639. The summed E-state index contributed by atoms with van der Waals surface area (Å²) < 4.78 is 0. The zero-order valence-corrected chi connectivity index (χ0v) is 13.9. The Labute approximate surface area is 144 Å². The zero-order chi connectivity index (χ0) is 20.4. The van der Waals surface area contributed by atoms with Gasteiger partial charge in [-0.3, -0.25) is 19.2 Å². The minimum Gasteiger partial charge on any atom is -0.481 e. The molecule has 25 heavy (non-hydrogen) atoms. The third-order valence-electron chi connectivity index (χ3n) is 2.24. The van der Waals surface area contributed by atoms with Crippen molar-refractivity contribution in [3.63, 3.8) is 0 Å². The second-order valence-corrected chi connectivity index (χ2v) is 4.50. The molecule has 2 unspecified atom stereocenters. The molecule has 12 heteroatoms. The van der Waals surface area contributed by atoms with E-state index in [1.165, 1.54) is 0 Å². The van der Waals surface area contributed by atoms with Crippen molar-refractivity contribution >= 4 is 23.9 Å². The monoisotopic (exact) mass is 369 g/mol. The molecular weight excluding hydrogens is 342 g/mol. The Morgan fingerprint density at radius 1 is 1.00 bits per heavy atom. The number of nitrogens with one attached hydrogen (secondary N) is 1. The highest BCUT2D eigenvalue weighted by Gasteiger charge is 2.15. The van der Waals surface area contributed by atoms with Crippen LogP contribution < -0.4 is 16.8 Å². The van der Waals surface area contributed by atoms with Crippen LogP contribution in [-0.4, -0.2) is 81.2 Å². The number of hydrogen-bond acceptors (Lipinski definition) is 8. The number of aliphatic hydroxyl groups excluding tert-OH is 1. The Kier molecular flexibility index (Phi) is 19.9. The molecule has 10 N–H and O–H groups in total. The van der Waals surface area contributed by atoms with Crippen LogP contribution in [0, 0.1) is 0 Å². The van der Waals surface area contributed by atoms with Crippen LogP contribution >= 0.6 is 0 Å². The molecular formula is C13H27N3O9. The number of aliphatic hydroxyl groups is 1. The molecule has 0 spiro atoms. The Morgan fingerprint density at radius 3 is 1.68 bits per heavy atom. The van der Waals surface area contributed by atoms with Gasteiger partial charge in [0.05, 0.1) is 13.0 Å². The van der Waals surface area contributed by atoms with Crippen molar-refractivity contribution in [2.45, 2.75) is 38.3 Å². The average molecular weight is 369 g/mol. The lowest BCUT2D eigenvalue weighted by Crippen LogP contribution is -2.37. The van der Waals surface area contributed by atoms with E-state index in [4.69, 9.17) is 31.3 Å². The third-order valence-corrected chi connectivity index (χ3v) is 2.24. The molecule has 0 aliphatic rings. The first-order chi connectivity index (χ1) is 11.5. The van der Waals surface area contributed by atoms with Crippen LogP contribution in [0.5, 0.6) is 0 Å². The molecule has 12 nitrogen and oxygen atoms in total. The number of rotatable bonds is 10. The van der Waals surface area contributed by atoms with Crippen molar-refractivity contribution in [2.24, 2.45) is 11.5 Å². The Morgan fingerprint density at radius 2 is 1.48 bits per heavy atom. The number of nitrogens with two attached hydrogens (primary N) is 2. The van der Waals surface area contributed by atoms with E-state index in [-0.39, 0.29) is 19.6 Å². The van der Waals surface area contributed by atoms with Gasteiger partial charge in [0.25, 0.3) is 0 Å². The van der Waals surface area contributed by atoms with Crippen LogP contribution in [0.15, 0.2) is 0 Å². The number of carboxylic acid groups (broad SMARTS) is 4. The third kappa shape index (κ3) is 24.1. The molecule has 0 saturated heterocycles. The molecule has 0 fully saturated rings. The first-order valence-electron chi connectivity index (χ1n) is 7.22. The number of carboxylic acids is 4. The quantitative estimate of drug-likeness (QED) is 0.203. The first kappa shape index (κ1) is 27.6. The molecule has 0 amide bonds. The van der Waals surface area contributed by atoms with Crippen molar-refractivity contribution in [1.29, 1.82) is 0 Å². The minimum atomic E-state index is -1.29. The van der Waals surface area contributed by atoms with Gasteiger partial charge in [-0.1, -0.05) is 6.92 Å². The lowest BCUT2D eigenvalue weighted by Gasteiger charge is -2.11. The lowest BCUT2D eigenvalue weighted by molar-refractivity contribution is -0.144. The van der Waals surface area contributed by atoms with Gasteiger partial charge in [-0.2, -0.15) is 0 Å². The molecule has 0 rings (SSSR count). The van der Waals surface area contributed by atoms with Gasteiger partial charge < -0.3 is 42.3 Å². The summed E-state index contributed by atoms with van der Waals surface area (Å²) in [6, 6.07) is -1.89. The fourth-order valence-corrected chi connectivity index (χ4v) is 1.04. The highest BCUT2D eigenvalue weighted by Crippen LogP contribution is 1.90. The van der Waals surface area contributed by atoms with Gasteiger partial charge in [0, 0.05) is 6.61 Å². The summed E-state index contributed by atoms with van der Waals surface area (Å²) in [5, 5.41) is 43.5. The second-order valence-electron chi connectivity index (χ2n) is 4.50. The Hall–Kier alpha value is -2.28. The predicted octanol–water partition coefficient (Wildman–Crippen LogP) is -2.28. The number of hydrogen-bond donors (Lipinski definition) is 8. The van der Waals surface area contributed by atoms with Gasteiger partial charge in [0.1, 0.15) is 12.1 Å². The van der Waals surface area contributed by atoms with Crippen LogP contribution in [0.4, 0.5) is 0 Å². The summed E-state index contributed by atoms with van der Waals surface area (Å²) in [4.78, 5) is 39.3. The molecule has 0 bridgehead atoms. The molecule has 0 aromatic rings. The van der Waals surface area contributed by atoms with Gasteiger partial charge in [-0.05, 0) is 19.4 Å². The highest BCUT2D eigenvalue weighted by atomic mass is 16.4.